The summed E-state index contributed by atoms with van der Waals surface area (Å²) in [5.74, 6) is 1.72. The molecule has 3 heteroatoms. The molecule has 164 valence electrons. The molecule has 0 N–H and O–H groups in total. The van der Waals surface area contributed by atoms with Crippen molar-refractivity contribution >= 4 is 11.6 Å². The number of nitrogens with zero attached hydrogens (tertiary/aromatic N) is 1. The Kier molecular flexibility index (Phi) is 4.21. The smallest absolute Gasteiger partial charge is 0.132 e. The average Bonchev–Trinajstić information content (AvgIpc) is 3.20. The molecule has 0 aromatic heterocycles. The minimum atomic E-state index is -0.524. The highest BCUT2D eigenvalue weighted by Gasteiger charge is 2.51. The highest BCUT2D eigenvalue weighted by atomic mass is 35.5. The molecular weight excluding hydrogens is 450 g/mol. The fourth-order valence-corrected chi connectivity index (χ4v) is 6.10. The molecule has 0 atom stereocenters. The lowest BCUT2D eigenvalue weighted by atomic mass is 9.66. The summed E-state index contributed by atoms with van der Waals surface area (Å²) >= 11 is 6.92. The van der Waals surface area contributed by atoms with Gasteiger partial charge in [-0.1, -0.05) is 84.4 Å². The number of hydrogen-bond donors (Lipinski definition) is 0. The Morgan fingerprint density at radius 2 is 1.26 bits per heavy atom. The van der Waals surface area contributed by atoms with Gasteiger partial charge in [0.25, 0.3) is 0 Å². The van der Waals surface area contributed by atoms with Crippen LogP contribution in [0.5, 0.6) is 11.5 Å². The SMILES string of the molecule is N#Cc1ccc(-c2ccc3c(c2)-c2c(Cl)cccc2C32c3ccccc3Oc3ccccc32)cc1. The monoisotopic (exact) mass is 467 g/mol. The van der Waals surface area contributed by atoms with E-state index in [9.17, 15) is 5.26 Å². The van der Waals surface area contributed by atoms with Gasteiger partial charge >= 0.3 is 0 Å². The highest BCUT2D eigenvalue weighted by Crippen LogP contribution is 2.63. The van der Waals surface area contributed by atoms with Gasteiger partial charge in [0.2, 0.25) is 0 Å². The van der Waals surface area contributed by atoms with Gasteiger partial charge in [-0.25, -0.2) is 0 Å². The third-order valence-corrected chi connectivity index (χ3v) is 7.57. The van der Waals surface area contributed by atoms with E-state index >= 15 is 0 Å². The van der Waals surface area contributed by atoms with Gasteiger partial charge in [-0.2, -0.15) is 5.26 Å². The zero-order valence-electron chi connectivity index (χ0n) is 18.6. The number of ether oxygens (including phenoxy) is 1. The summed E-state index contributed by atoms with van der Waals surface area (Å²) in [5.41, 5.74) is 9.06. The van der Waals surface area contributed by atoms with Gasteiger partial charge in [-0.15, -0.1) is 0 Å². The van der Waals surface area contributed by atoms with E-state index in [0.29, 0.717) is 5.56 Å². The van der Waals surface area contributed by atoms with Gasteiger partial charge < -0.3 is 4.74 Å². The van der Waals surface area contributed by atoms with Crippen LogP contribution in [0.4, 0.5) is 0 Å². The summed E-state index contributed by atoms with van der Waals surface area (Å²) in [6, 6.07) is 39.3. The van der Waals surface area contributed by atoms with E-state index in [0.717, 1.165) is 49.9 Å². The molecule has 0 amide bonds. The Morgan fingerprint density at radius 1 is 0.629 bits per heavy atom. The molecular formula is C32H18ClNO. The van der Waals surface area contributed by atoms with Crippen molar-refractivity contribution in [1.29, 1.82) is 5.26 Å². The van der Waals surface area contributed by atoms with E-state index in [2.05, 4.69) is 54.6 Å². The van der Waals surface area contributed by atoms with Crippen LogP contribution in [0.2, 0.25) is 5.02 Å². The molecule has 5 aromatic carbocycles. The molecule has 0 unspecified atom stereocenters. The minimum Gasteiger partial charge on any atom is -0.457 e. The average molecular weight is 468 g/mol. The van der Waals surface area contributed by atoms with Crippen LogP contribution in [-0.4, -0.2) is 0 Å². The lowest BCUT2D eigenvalue weighted by molar-refractivity contribution is 0.436. The quantitative estimate of drug-likeness (QED) is 0.243. The van der Waals surface area contributed by atoms with Gasteiger partial charge in [-0.3, -0.25) is 0 Å². The Balaban J connectivity index is 1.58. The first-order chi connectivity index (χ1) is 17.2. The van der Waals surface area contributed by atoms with Crippen molar-refractivity contribution < 1.29 is 4.74 Å². The molecule has 1 spiro atoms. The summed E-state index contributed by atoms with van der Waals surface area (Å²) in [6.07, 6.45) is 0. The number of halogens is 1. The largest absolute Gasteiger partial charge is 0.457 e. The van der Waals surface area contributed by atoms with Crippen LogP contribution in [0, 0.1) is 11.3 Å². The standard InChI is InChI=1S/C32H18ClNO/c33-28-9-5-8-27-31(28)23-18-22(21-14-12-20(19-34)13-15-21)16-17-24(23)32(27)25-6-1-3-10-29(25)35-30-11-4-2-7-26(30)32/h1-18H. The number of rotatable bonds is 1. The van der Waals surface area contributed by atoms with E-state index in [4.69, 9.17) is 16.3 Å². The molecule has 1 aliphatic heterocycles. The first-order valence-electron chi connectivity index (χ1n) is 11.5. The molecule has 0 saturated heterocycles. The second-order valence-corrected chi connectivity index (χ2v) is 9.36. The van der Waals surface area contributed by atoms with Gasteiger partial charge in [-0.05, 0) is 64.2 Å². The van der Waals surface area contributed by atoms with E-state index in [1.54, 1.807) is 0 Å². The van der Waals surface area contributed by atoms with Crippen molar-refractivity contribution in [3.05, 3.63) is 142 Å². The normalized spacial score (nSPS) is 13.7. The molecule has 2 aliphatic rings. The maximum atomic E-state index is 9.19. The van der Waals surface area contributed by atoms with E-state index < -0.39 is 5.41 Å². The second-order valence-electron chi connectivity index (χ2n) is 8.96. The maximum absolute atomic E-state index is 9.19. The van der Waals surface area contributed by atoms with Crippen molar-refractivity contribution in [1.82, 2.24) is 0 Å². The van der Waals surface area contributed by atoms with Gasteiger partial charge in [0.15, 0.2) is 0 Å². The maximum Gasteiger partial charge on any atom is 0.132 e. The predicted octanol–water partition coefficient (Wildman–Crippen LogP) is 8.35. The Hall–Kier alpha value is -4.32. The third kappa shape index (κ3) is 2.65. The van der Waals surface area contributed by atoms with Gasteiger partial charge in [0.1, 0.15) is 11.5 Å². The number of para-hydroxylation sites is 2. The molecule has 0 fully saturated rings. The van der Waals surface area contributed by atoms with Crippen LogP contribution >= 0.6 is 11.6 Å². The highest BCUT2D eigenvalue weighted by molar-refractivity contribution is 6.34. The Bertz CT molecular complexity index is 1650. The molecule has 5 aromatic rings. The number of fused-ring (bicyclic) bond motifs is 9. The van der Waals surface area contributed by atoms with Gasteiger partial charge in [0.05, 0.1) is 17.0 Å². The van der Waals surface area contributed by atoms with Crippen LogP contribution in [0.25, 0.3) is 22.3 Å². The molecule has 0 saturated carbocycles. The molecule has 0 radical (unpaired) electrons. The molecule has 0 bridgehead atoms. The van der Waals surface area contributed by atoms with Crippen LogP contribution in [0.3, 0.4) is 0 Å². The van der Waals surface area contributed by atoms with Crippen LogP contribution < -0.4 is 4.74 Å². The lowest BCUT2D eigenvalue weighted by Crippen LogP contribution is -2.32. The molecule has 7 rings (SSSR count). The second kappa shape index (κ2) is 7.34. The molecule has 1 aliphatic carbocycles. The van der Waals surface area contributed by atoms with E-state index in [1.807, 2.05) is 60.7 Å². The van der Waals surface area contributed by atoms with Crippen molar-refractivity contribution in [3.8, 4) is 39.8 Å². The zero-order chi connectivity index (χ0) is 23.6. The van der Waals surface area contributed by atoms with Crippen molar-refractivity contribution in [2.45, 2.75) is 5.41 Å². The van der Waals surface area contributed by atoms with Crippen LogP contribution in [0.1, 0.15) is 27.8 Å². The predicted molar refractivity (Wildman–Crippen MR) is 139 cm³/mol. The van der Waals surface area contributed by atoms with Crippen molar-refractivity contribution in [2.24, 2.45) is 0 Å². The van der Waals surface area contributed by atoms with Crippen LogP contribution in [-0.2, 0) is 5.41 Å². The minimum absolute atomic E-state index is 0.524. The fraction of sp³-hybridized carbons (Fsp3) is 0.0312. The summed E-state index contributed by atoms with van der Waals surface area (Å²) in [4.78, 5) is 0. The lowest BCUT2D eigenvalue weighted by Gasteiger charge is -2.39. The van der Waals surface area contributed by atoms with Crippen molar-refractivity contribution in [3.63, 3.8) is 0 Å². The van der Waals surface area contributed by atoms with Crippen LogP contribution in [0.15, 0.2) is 109 Å². The number of benzene rings is 5. The zero-order valence-corrected chi connectivity index (χ0v) is 19.4. The molecule has 2 nitrogen and oxygen atoms in total. The first-order valence-corrected chi connectivity index (χ1v) is 11.9. The number of hydrogen-bond acceptors (Lipinski definition) is 2. The third-order valence-electron chi connectivity index (χ3n) is 7.26. The topological polar surface area (TPSA) is 33.0 Å². The van der Waals surface area contributed by atoms with E-state index in [1.165, 1.54) is 11.1 Å². The summed E-state index contributed by atoms with van der Waals surface area (Å²) in [5, 5.41) is 9.93. The molecule has 35 heavy (non-hydrogen) atoms. The summed E-state index contributed by atoms with van der Waals surface area (Å²) in [7, 11) is 0. The molecule has 1 heterocycles. The Morgan fingerprint density at radius 3 is 1.94 bits per heavy atom. The number of nitriles is 1. The van der Waals surface area contributed by atoms with Crippen molar-refractivity contribution in [2.75, 3.05) is 0 Å². The first kappa shape index (κ1) is 20.1. The summed E-state index contributed by atoms with van der Waals surface area (Å²) in [6.45, 7) is 0. The van der Waals surface area contributed by atoms with E-state index in [-0.39, 0.29) is 0 Å². The summed E-state index contributed by atoms with van der Waals surface area (Å²) < 4.78 is 6.38. The van der Waals surface area contributed by atoms with Gasteiger partial charge in [0, 0.05) is 21.7 Å². The fourth-order valence-electron chi connectivity index (χ4n) is 5.83. The Labute approximate surface area is 208 Å².